The van der Waals surface area contributed by atoms with E-state index in [0.717, 1.165) is 16.9 Å². The number of nitrogens with one attached hydrogen (secondary N) is 1. The maximum absolute atomic E-state index is 12.8. The Balaban J connectivity index is 1.31. The van der Waals surface area contributed by atoms with E-state index in [0.29, 0.717) is 22.9 Å². The molecular formula is C22H17ClN6O2. The van der Waals surface area contributed by atoms with Crippen LogP contribution in [0.5, 0.6) is 0 Å². The van der Waals surface area contributed by atoms with Crippen LogP contribution in [0.4, 0.5) is 11.4 Å². The number of nitrogens with zero attached hydrogens (tertiary/aromatic N) is 5. The number of halogens is 1. The van der Waals surface area contributed by atoms with Gasteiger partial charge in [0, 0.05) is 34.9 Å². The second kappa shape index (κ2) is 7.81. The Morgan fingerprint density at radius 3 is 2.77 bits per heavy atom. The molecule has 9 heteroatoms. The summed E-state index contributed by atoms with van der Waals surface area (Å²) in [6, 6.07) is 18.1. The van der Waals surface area contributed by atoms with E-state index in [-0.39, 0.29) is 18.2 Å². The smallest absolute Gasteiger partial charge is 0.229 e. The summed E-state index contributed by atoms with van der Waals surface area (Å²) in [5.74, 6) is -0.704. The van der Waals surface area contributed by atoms with E-state index < -0.39 is 5.92 Å². The second-order valence-electron chi connectivity index (χ2n) is 7.30. The number of amides is 2. The average Bonchev–Trinajstić information content (AvgIpc) is 3.40. The molecule has 4 aromatic rings. The van der Waals surface area contributed by atoms with Gasteiger partial charge in [-0.25, -0.2) is 0 Å². The predicted molar refractivity (Wildman–Crippen MR) is 117 cm³/mol. The molecule has 0 saturated carbocycles. The number of anilines is 2. The summed E-state index contributed by atoms with van der Waals surface area (Å²) >= 11 is 5.92. The summed E-state index contributed by atoms with van der Waals surface area (Å²) < 4.78 is 1.59. The first-order valence-corrected chi connectivity index (χ1v) is 10.1. The summed E-state index contributed by atoms with van der Waals surface area (Å²) in [5.41, 5.74) is 3.61. The van der Waals surface area contributed by atoms with Gasteiger partial charge in [0.15, 0.2) is 5.65 Å². The molecule has 8 nitrogen and oxygen atoms in total. The third kappa shape index (κ3) is 3.85. The van der Waals surface area contributed by atoms with E-state index in [1.807, 2.05) is 36.4 Å². The Bertz CT molecular complexity index is 1290. The highest BCUT2D eigenvalue weighted by Gasteiger charge is 2.35. The van der Waals surface area contributed by atoms with Crippen LogP contribution in [-0.4, -0.2) is 38.2 Å². The largest absolute Gasteiger partial charge is 0.326 e. The first-order valence-electron chi connectivity index (χ1n) is 9.71. The van der Waals surface area contributed by atoms with Crippen LogP contribution in [0.25, 0.3) is 16.9 Å². The summed E-state index contributed by atoms with van der Waals surface area (Å²) in [4.78, 5) is 26.9. The van der Waals surface area contributed by atoms with Gasteiger partial charge < -0.3 is 10.2 Å². The Morgan fingerprint density at radius 2 is 1.94 bits per heavy atom. The molecule has 1 unspecified atom stereocenters. The summed E-state index contributed by atoms with van der Waals surface area (Å²) in [6.07, 6.45) is 1.70. The lowest BCUT2D eigenvalue weighted by molar-refractivity contribution is -0.122. The van der Waals surface area contributed by atoms with E-state index >= 15 is 0 Å². The average molecular weight is 433 g/mol. The summed E-state index contributed by atoms with van der Waals surface area (Å²) in [7, 11) is 0. The molecule has 1 saturated heterocycles. The number of aromatic nitrogens is 4. The van der Waals surface area contributed by atoms with Crippen LogP contribution in [0.1, 0.15) is 6.42 Å². The number of carbonyl (C=O) groups is 2. The summed E-state index contributed by atoms with van der Waals surface area (Å²) in [5, 5.41) is 15.8. The maximum atomic E-state index is 12.8. The highest BCUT2D eigenvalue weighted by Crippen LogP contribution is 2.28. The molecule has 154 valence electrons. The molecule has 0 spiro atoms. The lowest BCUT2D eigenvalue weighted by Gasteiger charge is -2.17. The van der Waals surface area contributed by atoms with E-state index in [1.165, 1.54) is 6.33 Å². The standard InChI is InChI=1S/C22H17ClN6O2/c23-16-4-6-18(7-5-16)28-12-15(11-21(28)30)22(31)25-17-3-1-2-14(10-17)19-8-9-20-26-24-13-29(20)27-19/h1-10,13,15H,11-12H2,(H,25,31). The lowest BCUT2D eigenvalue weighted by Crippen LogP contribution is -2.28. The van der Waals surface area contributed by atoms with Gasteiger partial charge in [-0.2, -0.15) is 9.61 Å². The van der Waals surface area contributed by atoms with Crippen molar-refractivity contribution in [3.05, 3.63) is 72.0 Å². The van der Waals surface area contributed by atoms with Crippen molar-refractivity contribution in [1.82, 2.24) is 19.8 Å². The van der Waals surface area contributed by atoms with Gasteiger partial charge in [0.1, 0.15) is 6.33 Å². The minimum atomic E-state index is -0.432. The van der Waals surface area contributed by atoms with Gasteiger partial charge in [0.25, 0.3) is 0 Å². The molecule has 1 N–H and O–H groups in total. The predicted octanol–water partition coefficient (Wildman–Crippen LogP) is 3.44. The molecule has 0 aliphatic carbocycles. The molecule has 2 aromatic carbocycles. The second-order valence-corrected chi connectivity index (χ2v) is 7.74. The van der Waals surface area contributed by atoms with Gasteiger partial charge >= 0.3 is 0 Å². The minimum absolute atomic E-state index is 0.0809. The molecule has 1 fully saturated rings. The molecule has 1 aliphatic rings. The number of rotatable bonds is 4. The van der Waals surface area contributed by atoms with Crippen LogP contribution in [-0.2, 0) is 9.59 Å². The molecule has 2 amide bonds. The fourth-order valence-electron chi connectivity index (χ4n) is 3.64. The Morgan fingerprint density at radius 1 is 1.10 bits per heavy atom. The van der Waals surface area contributed by atoms with Crippen LogP contribution >= 0.6 is 11.6 Å². The zero-order valence-electron chi connectivity index (χ0n) is 16.3. The number of benzene rings is 2. The van der Waals surface area contributed by atoms with E-state index in [9.17, 15) is 9.59 Å². The zero-order chi connectivity index (χ0) is 21.4. The Labute approximate surface area is 182 Å². The van der Waals surface area contributed by atoms with E-state index in [2.05, 4.69) is 20.6 Å². The van der Waals surface area contributed by atoms with Gasteiger partial charge in [-0.05, 0) is 48.5 Å². The first kappa shape index (κ1) is 19.2. The number of fused-ring (bicyclic) bond motifs is 1. The van der Waals surface area contributed by atoms with Gasteiger partial charge in [-0.1, -0.05) is 23.7 Å². The Kier molecular flexibility index (Phi) is 4.83. The van der Waals surface area contributed by atoms with Crippen LogP contribution in [0.15, 0.2) is 67.0 Å². The highest BCUT2D eigenvalue weighted by atomic mass is 35.5. The van der Waals surface area contributed by atoms with Gasteiger partial charge in [-0.15, -0.1) is 10.2 Å². The molecular weight excluding hydrogens is 416 g/mol. The van der Waals surface area contributed by atoms with Crippen molar-refractivity contribution < 1.29 is 9.59 Å². The van der Waals surface area contributed by atoms with Crippen LogP contribution in [0, 0.1) is 5.92 Å². The quantitative estimate of drug-likeness (QED) is 0.533. The molecule has 1 aliphatic heterocycles. The topological polar surface area (TPSA) is 92.5 Å². The third-order valence-electron chi connectivity index (χ3n) is 5.22. The van der Waals surface area contributed by atoms with Crippen molar-refractivity contribution >= 4 is 40.4 Å². The van der Waals surface area contributed by atoms with Crippen LogP contribution in [0.3, 0.4) is 0 Å². The molecule has 5 rings (SSSR count). The normalized spacial score (nSPS) is 16.1. The molecule has 0 radical (unpaired) electrons. The molecule has 1 atom stereocenters. The van der Waals surface area contributed by atoms with Gasteiger partial charge in [-0.3, -0.25) is 9.59 Å². The first-order chi connectivity index (χ1) is 15.1. The monoisotopic (exact) mass is 432 g/mol. The lowest BCUT2D eigenvalue weighted by atomic mass is 10.1. The fourth-order valence-corrected chi connectivity index (χ4v) is 3.76. The van der Waals surface area contributed by atoms with E-state index in [4.69, 9.17) is 11.6 Å². The van der Waals surface area contributed by atoms with Gasteiger partial charge in [0.2, 0.25) is 11.8 Å². The Hall–Kier alpha value is -3.78. The third-order valence-corrected chi connectivity index (χ3v) is 5.47. The molecule has 31 heavy (non-hydrogen) atoms. The van der Waals surface area contributed by atoms with Crippen molar-refractivity contribution in [2.75, 3.05) is 16.8 Å². The van der Waals surface area contributed by atoms with Crippen molar-refractivity contribution in [1.29, 1.82) is 0 Å². The van der Waals surface area contributed by atoms with Crippen molar-refractivity contribution in [3.63, 3.8) is 0 Å². The number of hydrogen-bond donors (Lipinski definition) is 1. The van der Waals surface area contributed by atoms with E-state index in [1.54, 1.807) is 33.7 Å². The van der Waals surface area contributed by atoms with Crippen molar-refractivity contribution in [2.24, 2.45) is 5.92 Å². The van der Waals surface area contributed by atoms with Crippen molar-refractivity contribution in [3.8, 4) is 11.3 Å². The van der Waals surface area contributed by atoms with Gasteiger partial charge in [0.05, 0.1) is 11.6 Å². The molecule has 2 aromatic heterocycles. The zero-order valence-corrected chi connectivity index (χ0v) is 17.0. The van der Waals surface area contributed by atoms with Crippen molar-refractivity contribution in [2.45, 2.75) is 6.42 Å². The minimum Gasteiger partial charge on any atom is -0.326 e. The highest BCUT2D eigenvalue weighted by molar-refractivity contribution is 6.30. The maximum Gasteiger partial charge on any atom is 0.229 e. The molecule has 0 bridgehead atoms. The fraction of sp³-hybridized carbons (Fsp3) is 0.136. The number of hydrogen-bond acceptors (Lipinski definition) is 5. The SMILES string of the molecule is O=C(Nc1cccc(-c2ccc3nncn3n2)c1)C1CC(=O)N(c2ccc(Cl)cc2)C1. The van der Waals surface area contributed by atoms with Crippen LogP contribution in [0.2, 0.25) is 5.02 Å². The molecule has 3 heterocycles. The van der Waals surface area contributed by atoms with Crippen LogP contribution < -0.4 is 10.2 Å². The summed E-state index contributed by atoms with van der Waals surface area (Å²) in [6.45, 7) is 0.331. The number of carbonyl (C=O) groups excluding carboxylic acids is 2.